The third-order valence-corrected chi connectivity index (χ3v) is 5.28. The Balaban J connectivity index is 1.63. The molecule has 0 aliphatic carbocycles. The summed E-state index contributed by atoms with van der Waals surface area (Å²) >= 11 is 0.946. The van der Waals surface area contributed by atoms with Crippen LogP contribution >= 0.6 is 11.8 Å². The number of thioether (sulfide) groups is 1. The first-order valence-electron chi connectivity index (χ1n) is 8.95. The van der Waals surface area contributed by atoms with E-state index >= 15 is 0 Å². The first-order chi connectivity index (χ1) is 14.6. The molecule has 1 heterocycles. The first kappa shape index (κ1) is 22.5. The van der Waals surface area contributed by atoms with Crippen LogP contribution in [0, 0.1) is 5.82 Å². The molecular formula is C20H16F4N4O2S. The Morgan fingerprint density at radius 1 is 1.16 bits per heavy atom. The Kier molecular flexibility index (Phi) is 6.74. The summed E-state index contributed by atoms with van der Waals surface area (Å²) in [6.45, 7) is 1.65. The highest BCUT2D eigenvalue weighted by Gasteiger charge is 2.35. The molecular weight excluding hydrogens is 436 g/mol. The van der Waals surface area contributed by atoms with Gasteiger partial charge in [0.15, 0.2) is 5.17 Å². The molecule has 1 fully saturated rings. The summed E-state index contributed by atoms with van der Waals surface area (Å²) in [6, 6.07) is 10.2. The van der Waals surface area contributed by atoms with Crippen molar-refractivity contribution in [2.45, 2.75) is 24.8 Å². The monoisotopic (exact) mass is 452 g/mol. The van der Waals surface area contributed by atoms with Crippen LogP contribution in [0.15, 0.2) is 58.7 Å². The molecule has 2 amide bonds. The van der Waals surface area contributed by atoms with Crippen molar-refractivity contribution in [3.8, 4) is 0 Å². The fraction of sp³-hybridized carbons (Fsp3) is 0.200. The van der Waals surface area contributed by atoms with Gasteiger partial charge in [-0.25, -0.2) is 4.39 Å². The second-order valence-electron chi connectivity index (χ2n) is 6.49. The highest BCUT2D eigenvalue weighted by atomic mass is 32.2. The fourth-order valence-electron chi connectivity index (χ4n) is 2.66. The van der Waals surface area contributed by atoms with Crippen LogP contribution in [0.1, 0.15) is 24.5 Å². The molecule has 1 aliphatic heterocycles. The van der Waals surface area contributed by atoms with Gasteiger partial charge in [0, 0.05) is 6.42 Å². The number of anilines is 1. The van der Waals surface area contributed by atoms with Crippen molar-refractivity contribution in [3.63, 3.8) is 0 Å². The van der Waals surface area contributed by atoms with E-state index in [-0.39, 0.29) is 23.1 Å². The number of hydrogen-bond donors (Lipinski definition) is 2. The number of carbonyl (C=O) groups excluding carboxylic acids is 2. The summed E-state index contributed by atoms with van der Waals surface area (Å²) in [5.41, 5.74) is -0.233. The van der Waals surface area contributed by atoms with Gasteiger partial charge < -0.3 is 10.6 Å². The van der Waals surface area contributed by atoms with Gasteiger partial charge in [-0.15, -0.1) is 5.10 Å². The molecule has 1 atom stereocenters. The third-order valence-electron chi connectivity index (χ3n) is 4.21. The molecule has 31 heavy (non-hydrogen) atoms. The molecule has 162 valence electrons. The smallest absolute Gasteiger partial charge is 0.325 e. The summed E-state index contributed by atoms with van der Waals surface area (Å²) < 4.78 is 52.1. The number of halogens is 4. The largest absolute Gasteiger partial charge is 0.418 e. The van der Waals surface area contributed by atoms with Crippen molar-refractivity contribution in [1.82, 2.24) is 5.32 Å². The summed E-state index contributed by atoms with van der Waals surface area (Å²) in [5.74, 6) is -1.63. The minimum atomic E-state index is -4.62. The van der Waals surface area contributed by atoms with Gasteiger partial charge in [-0.2, -0.15) is 18.3 Å². The number of alkyl halides is 3. The molecule has 3 rings (SSSR count). The molecule has 1 unspecified atom stereocenters. The predicted molar refractivity (Wildman–Crippen MR) is 110 cm³/mol. The second kappa shape index (κ2) is 9.29. The molecule has 6 nitrogen and oxygen atoms in total. The Morgan fingerprint density at radius 3 is 2.52 bits per heavy atom. The molecule has 2 aromatic rings. The zero-order chi connectivity index (χ0) is 22.6. The molecule has 1 aliphatic rings. The van der Waals surface area contributed by atoms with Crippen LogP contribution < -0.4 is 10.6 Å². The van der Waals surface area contributed by atoms with E-state index in [1.165, 1.54) is 36.4 Å². The minimum absolute atomic E-state index is 0.153. The Labute approximate surface area is 178 Å². The van der Waals surface area contributed by atoms with Crippen LogP contribution in [-0.2, 0) is 15.8 Å². The van der Waals surface area contributed by atoms with Crippen molar-refractivity contribution in [2.24, 2.45) is 10.2 Å². The van der Waals surface area contributed by atoms with Gasteiger partial charge in [-0.3, -0.25) is 9.59 Å². The van der Waals surface area contributed by atoms with Crippen LogP contribution in [-0.4, -0.2) is 27.9 Å². The lowest BCUT2D eigenvalue weighted by Gasteiger charge is -2.14. The van der Waals surface area contributed by atoms with Crippen molar-refractivity contribution < 1.29 is 27.2 Å². The van der Waals surface area contributed by atoms with Crippen LogP contribution in [0.25, 0.3) is 0 Å². The lowest BCUT2D eigenvalue weighted by Crippen LogP contribution is -2.28. The summed E-state index contributed by atoms with van der Waals surface area (Å²) in [4.78, 5) is 24.3. The van der Waals surface area contributed by atoms with Gasteiger partial charge in [0.25, 0.3) is 0 Å². The first-order valence-corrected chi connectivity index (χ1v) is 9.83. The molecule has 0 spiro atoms. The van der Waals surface area contributed by atoms with Crippen molar-refractivity contribution in [2.75, 3.05) is 5.32 Å². The van der Waals surface area contributed by atoms with Crippen LogP contribution in [0.5, 0.6) is 0 Å². The maximum atomic E-state index is 13.0. The van der Waals surface area contributed by atoms with Gasteiger partial charge in [-0.1, -0.05) is 36.0 Å². The molecule has 11 heteroatoms. The standard InChI is InChI=1S/C20H16F4N4O2S/c1-11(12-6-8-13(21)9-7-12)27-28-19-26-18(30)16(31-19)10-17(29)25-15-5-3-2-4-14(15)20(22,23)24/h2-9,16H,10H2,1H3,(H,25,29)(H,26,28,30). The Bertz CT molecular complexity index is 1050. The van der Waals surface area contributed by atoms with E-state index in [0.717, 1.165) is 23.9 Å². The minimum Gasteiger partial charge on any atom is -0.325 e. The van der Waals surface area contributed by atoms with Crippen molar-refractivity contribution in [3.05, 3.63) is 65.5 Å². The normalized spacial score (nSPS) is 18.2. The number of rotatable bonds is 5. The number of nitrogens with one attached hydrogen (secondary N) is 2. The number of benzene rings is 2. The van der Waals surface area contributed by atoms with E-state index in [1.807, 2.05) is 0 Å². The van der Waals surface area contributed by atoms with Crippen molar-refractivity contribution >= 4 is 40.1 Å². The quantitative estimate of drug-likeness (QED) is 0.406. The molecule has 0 saturated carbocycles. The SMILES string of the molecule is CC(=N/N=C1\NC(=O)C(CC(=O)Nc2ccccc2C(F)(F)F)S1)c1ccc(F)cc1. The Hall–Kier alpha value is -3.21. The summed E-state index contributed by atoms with van der Waals surface area (Å²) in [5, 5.41) is 11.9. The topological polar surface area (TPSA) is 82.9 Å². The van der Waals surface area contributed by atoms with E-state index in [4.69, 9.17) is 0 Å². The molecule has 2 N–H and O–H groups in total. The maximum absolute atomic E-state index is 13.0. The number of para-hydroxylation sites is 1. The van der Waals surface area contributed by atoms with E-state index in [2.05, 4.69) is 20.8 Å². The highest BCUT2D eigenvalue weighted by molar-refractivity contribution is 8.15. The van der Waals surface area contributed by atoms with Crippen LogP contribution in [0.2, 0.25) is 0 Å². The van der Waals surface area contributed by atoms with E-state index in [1.54, 1.807) is 6.92 Å². The van der Waals surface area contributed by atoms with Crippen LogP contribution in [0.3, 0.4) is 0 Å². The molecule has 1 saturated heterocycles. The lowest BCUT2D eigenvalue weighted by molar-refractivity contribution is -0.137. The average Bonchev–Trinajstić information content (AvgIpc) is 3.05. The van der Waals surface area contributed by atoms with E-state index in [0.29, 0.717) is 11.3 Å². The van der Waals surface area contributed by atoms with Crippen molar-refractivity contribution in [1.29, 1.82) is 0 Å². The number of carbonyl (C=O) groups is 2. The predicted octanol–water partition coefficient (Wildman–Crippen LogP) is 4.18. The van der Waals surface area contributed by atoms with Gasteiger partial charge in [-0.05, 0) is 36.8 Å². The molecule has 0 aromatic heterocycles. The number of amides is 2. The Morgan fingerprint density at radius 2 is 1.84 bits per heavy atom. The number of amidine groups is 1. The summed E-state index contributed by atoms with van der Waals surface area (Å²) in [7, 11) is 0. The van der Waals surface area contributed by atoms with Gasteiger partial charge in [0.1, 0.15) is 11.1 Å². The van der Waals surface area contributed by atoms with Crippen LogP contribution in [0.4, 0.5) is 23.2 Å². The highest BCUT2D eigenvalue weighted by Crippen LogP contribution is 2.34. The zero-order valence-electron chi connectivity index (χ0n) is 16.0. The summed E-state index contributed by atoms with van der Waals surface area (Å²) in [6.07, 6.45) is -4.97. The van der Waals surface area contributed by atoms with E-state index < -0.39 is 28.8 Å². The molecule has 2 aromatic carbocycles. The fourth-order valence-corrected chi connectivity index (χ4v) is 3.58. The molecule has 0 radical (unpaired) electrons. The van der Waals surface area contributed by atoms with Gasteiger partial charge >= 0.3 is 6.18 Å². The number of hydrogen-bond acceptors (Lipinski definition) is 5. The molecule has 0 bridgehead atoms. The lowest BCUT2D eigenvalue weighted by atomic mass is 10.1. The maximum Gasteiger partial charge on any atom is 0.418 e. The van der Waals surface area contributed by atoms with E-state index in [9.17, 15) is 27.2 Å². The van der Waals surface area contributed by atoms with Gasteiger partial charge in [0.05, 0.1) is 17.0 Å². The number of nitrogens with zero attached hydrogens (tertiary/aromatic N) is 2. The average molecular weight is 452 g/mol. The zero-order valence-corrected chi connectivity index (χ0v) is 16.9. The second-order valence-corrected chi connectivity index (χ2v) is 7.68. The van der Waals surface area contributed by atoms with Gasteiger partial charge in [0.2, 0.25) is 11.8 Å². The third kappa shape index (κ3) is 5.91.